The summed E-state index contributed by atoms with van der Waals surface area (Å²) in [4.78, 5) is 0. The molecule has 0 aliphatic rings. The van der Waals surface area contributed by atoms with Gasteiger partial charge in [-0.3, -0.25) is 0 Å². The molecule has 0 heterocycles. The highest BCUT2D eigenvalue weighted by atomic mass is 16.3. The molecule has 1 N–H and O–H groups in total. The molecule has 3 rings (SSSR count). The molecular weight excluding hydrogens is 268 g/mol. The van der Waals surface area contributed by atoms with Gasteiger partial charge in [0.15, 0.2) is 0 Å². The van der Waals surface area contributed by atoms with Crippen molar-refractivity contribution in [2.75, 3.05) is 0 Å². The third kappa shape index (κ3) is 2.71. The van der Waals surface area contributed by atoms with Crippen LogP contribution >= 0.6 is 0 Å². The molecule has 0 saturated heterocycles. The molecule has 112 valence electrons. The first-order chi connectivity index (χ1) is 10.5. The fourth-order valence-electron chi connectivity index (χ4n) is 2.97. The summed E-state index contributed by atoms with van der Waals surface area (Å²) in [7, 11) is 0. The lowest BCUT2D eigenvalue weighted by Gasteiger charge is -2.23. The van der Waals surface area contributed by atoms with Crippen LogP contribution in [0.4, 0.5) is 0 Å². The van der Waals surface area contributed by atoms with Crippen LogP contribution in [-0.4, -0.2) is 5.11 Å². The average molecular weight is 290 g/mol. The molecule has 0 spiro atoms. The average Bonchev–Trinajstić information content (AvgIpc) is 2.50. The van der Waals surface area contributed by atoms with Gasteiger partial charge in [-0.25, -0.2) is 0 Å². The van der Waals surface area contributed by atoms with Crippen molar-refractivity contribution < 1.29 is 5.11 Å². The Balaban J connectivity index is 2.22. The van der Waals surface area contributed by atoms with E-state index < -0.39 is 0 Å². The molecule has 0 radical (unpaired) electrons. The summed E-state index contributed by atoms with van der Waals surface area (Å²) in [5.74, 6) is 0.417. The summed E-state index contributed by atoms with van der Waals surface area (Å²) in [5, 5.41) is 12.8. The zero-order chi connectivity index (χ0) is 15.7. The first-order valence-electron chi connectivity index (χ1n) is 7.75. The summed E-state index contributed by atoms with van der Waals surface area (Å²) < 4.78 is 0. The van der Waals surface area contributed by atoms with Gasteiger partial charge in [-0.2, -0.15) is 0 Å². The Morgan fingerprint density at radius 1 is 0.818 bits per heavy atom. The fraction of sp³-hybridized carbons (Fsp3) is 0.238. The van der Waals surface area contributed by atoms with Gasteiger partial charge in [-0.15, -0.1) is 0 Å². The van der Waals surface area contributed by atoms with Crippen LogP contribution in [0.1, 0.15) is 37.5 Å². The quantitative estimate of drug-likeness (QED) is 0.667. The van der Waals surface area contributed by atoms with Gasteiger partial charge < -0.3 is 5.11 Å². The van der Waals surface area contributed by atoms with Crippen LogP contribution < -0.4 is 0 Å². The Morgan fingerprint density at radius 3 is 2.05 bits per heavy atom. The van der Waals surface area contributed by atoms with E-state index in [2.05, 4.69) is 57.2 Å². The molecule has 3 aromatic carbocycles. The van der Waals surface area contributed by atoms with E-state index in [0.717, 1.165) is 22.8 Å². The van der Waals surface area contributed by atoms with E-state index in [1.807, 2.05) is 24.3 Å². The van der Waals surface area contributed by atoms with Crippen molar-refractivity contribution in [1.82, 2.24) is 0 Å². The number of benzene rings is 3. The van der Waals surface area contributed by atoms with E-state index in [9.17, 15) is 5.11 Å². The second kappa shape index (κ2) is 5.49. The van der Waals surface area contributed by atoms with Gasteiger partial charge in [-0.05, 0) is 28.3 Å². The van der Waals surface area contributed by atoms with Crippen molar-refractivity contribution in [3.8, 4) is 5.75 Å². The maximum atomic E-state index is 10.7. The maximum Gasteiger partial charge on any atom is 0.127 e. The Hall–Kier alpha value is -2.28. The summed E-state index contributed by atoms with van der Waals surface area (Å²) in [5.41, 5.74) is 3.49. The van der Waals surface area contributed by atoms with Crippen molar-refractivity contribution in [2.24, 2.45) is 0 Å². The third-order valence-corrected chi connectivity index (χ3v) is 4.15. The van der Waals surface area contributed by atoms with Crippen LogP contribution in [0.5, 0.6) is 5.75 Å². The van der Waals surface area contributed by atoms with Gasteiger partial charge in [0, 0.05) is 10.9 Å². The van der Waals surface area contributed by atoms with E-state index in [0.29, 0.717) is 5.75 Å². The van der Waals surface area contributed by atoms with Crippen LogP contribution in [0, 0.1) is 0 Å². The maximum absolute atomic E-state index is 10.7. The second-order valence-electron chi connectivity index (χ2n) is 6.89. The van der Waals surface area contributed by atoms with Gasteiger partial charge in [0.05, 0.1) is 0 Å². The third-order valence-electron chi connectivity index (χ3n) is 4.15. The van der Waals surface area contributed by atoms with E-state index in [1.54, 1.807) is 0 Å². The van der Waals surface area contributed by atoms with E-state index in [-0.39, 0.29) is 5.41 Å². The number of phenolic OH excluding ortho intramolecular Hbond substituents is 1. The van der Waals surface area contributed by atoms with Gasteiger partial charge in [-0.1, -0.05) is 81.4 Å². The minimum Gasteiger partial charge on any atom is -0.507 e. The number of hydrogen-bond donors (Lipinski definition) is 1. The van der Waals surface area contributed by atoms with Gasteiger partial charge in [0.1, 0.15) is 5.75 Å². The molecule has 3 aromatic rings. The Bertz CT molecular complexity index is 795. The predicted molar refractivity (Wildman–Crippen MR) is 93.6 cm³/mol. The summed E-state index contributed by atoms with van der Waals surface area (Å²) >= 11 is 0. The molecule has 0 bridgehead atoms. The van der Waals surface area contributed by atoms with Crippen LogP contribution in [-0.2, 0) is 11.8 Å². The Morgan fingerprint density at radius 2 is 1.41 bits per heavy atom. The zero-order valence-electron chi connectivity index (χ0n) is 13.4. The Kier molecular flexibility index (Phi) is 3.66. The smallest absolute Gasteiger partial charge is 0.127 e. The Labute approximate surface area is 132 Å². The molecule has 0 aliphatic heterocycles. The molecule has 0 unspecified atom stereocenters. The van der Waals surface area contributed by atoms with Gasteiger partial charge in [0.25, 0.3) is 0 Å². The molecular formula is C21H22O. The van der Waals surface area contributed by atoms with E-state index >= 15 is 0 Å². The summed E-state index contributed by atoms with van der Waals surface area (Å²) in [6, 6.07) is 20.8. The SMILES string of the molecule is CC(C)(C)c1cc(Cc2ccccc2)c2ccccc2c1O. The van der Waals surface area contributed by atoms with Gasteiger partial charge >= 0.3 is 0 Å². The lowest BCUT2D eigenvalue weighted by molar-refractivity contribution is 0.452. The lowest BCUT2D eigenvalue weighted by atomic mass is 9.82. The molecule has 0 atom stereocenters. The fourth-order valence-corrected chi connectivity index (χ4v) is 2.97. The minimum absolute atomic E-state index is 0.0838. The number of aromatic hydroxyl groups is 1. The van der Waals surface area contributed by atoms with Crippen molar-refractivity contribution in [1.29, 1.82) is 0 Å². The monoisotopic (exact) mass is 290 g/mol. The molecule has 0 aliphatic carbocycles. The van der Waals surface area contributed by atoms with Crippen molar-refractivity contribution in [3.05, 3.63) is 77.4 Å². The molecule has 0 aromatic heterocycles. The second-order valence-corrected chi connectivity index (χ2v) is 6.89. The van der Waals surface area contributed by atoms with Crippen molar-refractivity contribution in [2.45, 2.75) is 32.6 Å². The zero-order valence-corrected chi connectivity index (χ0v) is 13.4. The predicted octanol–water partition coefficient (Wildman–Crippen LogP) is 5.43. The van der Waals surface area contributed by atoms with Crippen LogP contribution in [0.25, 0.3) is 10.8 Å². The molecule has 1 heteroatoms. The number of fused-ring (bicyclic) bond motifs is 1. The highest BCUT2D eigenvalue weighted by Gasteiger charge is 2.21. The first kappa shape index (κ1) is 14.6. The molecule has 1 nitrogen and oxygen atoms in total. The van der Waals surface area contributed by atoms with Crippen LogP contribution in [0.2, 0.25) is 0 Å². The number of hydrogen-bond acceptors (Lipinski definition) is 1. The molecule has 0 saturated carbocycles. The van der Waals surface area contributed by atoms with E-state index in [1.165, 1.54) is 11.1 Å². The molecule has 22 heavy (non-hydrogen) atoms. The summed E-state index contributed by atoms with van der Waals surface area (Å²) in [6.45, 7) is 6.43. The number of phenols is 1. The normalized spacial score (nSPS) is 11.8. The molecule has 0 fully saturated rings. The van der Waals surface area contributed by atoms with E-state index in [4.69, 9.17) is 0 Å². The standard InChI is InChI=1S/C21H22O/c1-21(2,3)19-14-16(13-15-9-5-4-6-10-15)17-11-7-8-12-18(17)20(19)22/h4-12,14,22H,13H2,1-3H3. The minimum atomic E-state index is -0.0838. The topological polar surface area (TPSA) is 20.2 Å². The highest BCUT2D eigenvalue weighted by Crippen LogP contribution is 2.38. The van der Waals surface area contributed by atoms with Gasteiger partial charge in [0.2, 0.25) is 0 Å². The summed E-state index contributed by atoms with van der Waals surface area (Å²) in [6.07, 6.45) is 0.880. The van der Waals surface area contributed by atoms with Crippen LogP contribution in [0.3, 0.4) is 0 Å². The van der Waals surface area contributed by atoms with Crippen molar-refractivity contribution in [3.63, 3.8) is 0 Å². The molecule has 0 amide bonds. The first-order valence-corrected chi connectivity index (χ1v) is 7.75. The largest absolute Gasteiger partial charge is 0.507 e. The lowest BCUT2D eigenvalue weighted by Crippen LogP contribution is -2.12. The van der Waals surface area contributed by atoms with Crippen LogP contribution in [0.15, 0.2) is 60.7 Å². The number of rotatable bonds is 2. The highest BCUT2D eigenvalue weighted by molar-refractivity contribution is 5.92. The van der Waals surface area contributed by atoms with Crippen molar-refractivity contribution >= 4 is 10.8 Å².